The highest BCUT2D eigenvalue weighted by Gasteiger charge is 2.30. The first-order valence-corrected chi connectivity index (χ1v) is 11.3. The predicted octanol–water partition coefficient (Wildman–Crippen LogP) is 3.64. The van der Waals surface area contributed by atoms with E-state index in [2.05, 4.69) is 16.3 Å². The number of amides is 1. The van der Waals surface area contributed by atoms with Crippen molar-refractivity contribution in [2.45, 2.75) is 43.7 Å². The number of aryl methyl sites for hydroxylation is 2. The molecule has 0 bridgehead atoms. The van der Waals surface area contributed by atoms with Crippen LogP contribution in [0.15, 0.2) is 53.7 Å². The van der Waals surface area contributed by atoms with E-state index in [0.717, 1.165) is 42.8 Å². The van der Waals surface area contributed by atoms with Crippen LogP contribution >= 0.6 is 11.8 Å². The minimum absolute atomic E-state index is 0.0878. The van der Waals surface area contributed by atoms with Gasteiger partial charge in [-0.15, -0.1) is 10.2 Å². The van der Waals surface area contributed by atoms with Gasteiger partial charge in [-0.2, -0.15) is 0 Å². The number of thioether (sulfide) groups is 1. The summed E-state index contributed by atoms with van der Waals surface area (Å²) in [5.74, 6) is 7.65. The van der Waals surface area contributed by atoms with Crippen LogP contribution in [0.3, 0.4) is 0 Å². The molecule has 3 aromatic rings. The summed E-state index contributed by atoms with van der Waals surface area (Å²) >= 11 is 1.33. The number of nitrogen functional groups attached to an aromatic ring is 1. The number of carbonyl (C=O) groups is 1. The van der Waals surface area contributed by atoms with Crippen LogP contribution in [-0.4, -0.2) is 38.8 Å². The number of hydrogen-bond acceptors (Lipinski definition) is 6. The van der Waals surface area contributed by atoms with E-state index in [4.69, 9.17) is 10.6 Å². The molecule has 7 nitrogen and oxygen atoms in total. The zero-order chi connectivity index (χ0) is 21.8. The van der Waals surface area contributed by atoms with Crippen LogP contribution in [0, 0.1) is 13.8 Å². The molecule has 1 saturated heterocycles. The van der Waals surface area contributed by atoms with Crippen LogP contribution in [0.25, 0.3) is 0 Å². The molecule has 0 radical (unpaired) electrons. The van der Waals surface area contributed by atoms with Gasteiger partial charge in [0.2, 0.25) is 11.1 Å². The third-order valence-electron chi connectivity index (χ3n) is 5.39. The van der Waals surface area contributed by atoms with E-state index in [-0.39, 0.29) is 12.5 Å². The number of hydrogen-bond donors (Lipinski definition) is 1. The Hall–Kier alpha value is -3.00. The van der Waals surface area contributed by atoms with Gasteiger partial charge in [-0.3, -0.25) is 4.79 Å². The normalized spacial score (nSPS) is 14.6. The molecule has 0 aliphatic carbocycles. The van der Waals surface area contributed by atoms with Crippen molar-refractivity contribution in [1.29, 1.82) is 0 Å². The summed E-state index contributed by atoms with van der Waals surface area (Å²) < 4.78 is 7.32. The molecule has 8 heteroatoms. The lowest BCUT2D eigenvalue weighted by Gasteiger charge is -2.22. The molecule has 2 N–H and O–H groups in total. The van der Waals surface area contributed by atoms with E-state index >= 15 is 0 Å². The Balaban J connectivity index is 1.51. The predicted molar refractivity (Wildman–Crippen MR) is 121 cm³/mol. The van der Waals surface area contributed by atoms with Crippen molar-refractivity contribution >= 4 is 17.7 Å². The molecule has 162 valence electrons. The van der Waals surface area contributed by atoms with Crippen LogP contribution in [0.1, 0.15) is 40.6 Å². The Morgan fingerprint density at radius 2 is 1.87 bits per heavy atom. The Labute approximate surface area is 186 Å². The smallest absolute Gasteiger partial charge is 0.240 e. The lowest BCUT2D eigenvalue weighted by atomic mass is 10.1. The summed E-state index contributed by atoms with van der Waals surface area (Å²) in [5, 5.41) is 8.51. The molecular formula is C23H27N5O2S. The van der Waals surface area contributed by atoms with Gasteiger partial charge < -0.3 is 15.5 Å². The van der Waals surface area contributed by atoms with Gasteiger partial charge in [-0.25, -0.2) is 4.68 Å². The Bertz CT molecular complexity index is 1050. The minimum Gasteiger partial charge on any atom is -0.485 e. The maximum atomic E-state index is 13.2. The monoisotopic (exact) mass is 437 g/mol. The fourth-order valence-corrected chi connectivity index (χ4v) is 4.75. The van der Waals surface area contributed by atoms with E-state index in [1.165, 1.54) is 22.0 Å². The largest absolute Gasteiger partial charge is 0.485 e. The number of nitrogens with two attached hydrogens (primary N) is 1. The van der Waals surface area contributed by atoms with Gasteiger partial charge in [0, 0.05) is 13.1 Å². The molecule has 1 aromatic heterocycles. The molecule has 1 fully saturated rings. The van der Waals surface area contributed by atoms with Gasteiger partial charge in [0.25, 0.3) is 0 Å². The summed E-state index contributed by atoms with van der Waals surface area (Å²) in [7, 11) is 0. The molecular weight excluding hydrogens is 410 g/mol. The van der Waals surface area contributed by atoms with Crippen molar-refractivity contribution in [2.24, 2.45) is 0 Å². The van der Waals surface area contributed by atoms with E-state index < -0.39 is 5.25 Å². The molecule has 1 aliphatic heterocycles. The highest BCUT2D eigenvalue weighted by atomic mass is 32.2. The summed E-state index contributed by atoms with van der Waals surface area (Å²) in [6, 6.07) is 15.8. The zero-order valence-corrected chi connectivity index (χ0v) is 18.6. The minimum atomic E-state index is -0.418. The standard InChI is InChI=1S/C23H27N5O2S/c1-16-10-11-19(17(2)14-16)30-15-20-25-26-23(28(20)24)31-21(18-8-4-3-5-9-18)22(29)27-12-6-7-13-27/h3-5,8-11,14,21H,6-7,12-13,15,24H2,1-2H3. The first-order chi connectivity index (χ1) is 15.0. The number of rotatable bonds is 7. The summed E-state index contributed by atoms with van der Waals surface area (Å²) in [6.07, 6.45) is 2.09. The van der Waals surface area contributed by atoms with Gasteiger partial charge in [-0.05, 0) is 43.9 Å². The van der Waals surface area contributed by atoms with Crippen molar-refractivity contribution in [2.75, 3.05) is 18.9 Å². The van der Waals surface area contributed by atoms with Crippen molar-refractivity contribution in [3.8, 4) is 5.75 Å². The third kappa shape index (κ3) is 4.85. The van der Waals surface area contributed by atoms with Crippen LogP contribution in [-0.2, 0) is 11.4 Å². The summed E-state index contributed by atoms with van der Waals surface area (Å²) in [4.78, 5) is 15.1. The van der Waals surface area contributed by atoms with E-state index in [1.54, 1.807) is 0 Å². The Morgan fingerprint density at radius 1 is 1.13 bits per heavy atom. The molecule has 1 unspecified atom stereocenters. The molecule has 1 amide bonds. The van der Waals surface area contributed by atoms with Gasteiger partial charge in [0.1, 0.15) is 17.6 Å². The molecule has 0 spiro atoms. The number of likely N-dealkylation sites (tertiary alicyclic amines) is 1. The highest BCUT2D eigenvalue weighted by Crippen LogP contribution is 2.36. The molecule has 0 saturated carbocycles. The second kappa shape index (κ2) is 9.43. The average molecular weight is 438 g/mol. The van der Waals surface area contributed by atoms with Crippen LogP contribution in [0.5, 0.6) is 5.75 Å². The third-order valence-corrected chi connectivity index (χ3v) is 6.59. The van der Waals surface area contributed by atoms with Crippen LogP contribution < -0.4 is 10.6 Å². The first-order valence-electron chi connectivity index (χ1n) is 10.4. The lowest BCUT2D eigenvalue weighted by molar-refractivity contribution is -0.129. The van der Waals surface area contributed by atoms with Crippen molar-refractivity contribution in [3.05, 3.63) is 71.0 Å². The number of carbonyl (C=O) groups excluding carboxylic acids is 1. The summed E-state index contributed by atoms with van der Waals surface area (Å²) in [5.41, 5.74) is 3.17. The van der Waals surface area contributed by atoms with E-state index in [1.807, 2.05) is 61.2 Å². The van der Waals surface area contributed by atoms with Crippen molar-refractivity contribution in [1.82, 2.24) is 19.8 Å². The number of nitrogens with zero attached hydrogens (tertiary/aromatic N) is 4. The van der Waals surface area contributed by atoms with Gasteiger partial charge in [0.05, 0.1) is 0 Å². The Morgan fingerprint density at radius 3 is 2.58 bits per heavy atom. The molecule has 2 aromatic carbocycles. The highest BCUT2D eigenvalue weighted by molar-refractivity contribution is 8.00. The molecule has 2 heterocycles. The maximum Gasteiger partial charge on any atom is 0.240 e. The maximum absolute atomic E-state index is 13.2. The summed E-state index contributed by atoms with van der Waals surface area (Å²) in [6.45, 7) is 5.85. The van der Waals surface area contributed by atoms with Crippen LogP contribution in [0.2, 0.25) is 0 Å². The molecule has 1 atom stereocenters. The topological polar surface area (TPSA) is 86.3 Å². The molecule has 1 aliphatic rings. The first kappa shape index (κ1) is 21.2. The zero-order valence-electron chi connectivity index (χ0n) is 17.8. The average Bonchev–Trinajstić information content (AvgIpc) is 3.42. The van der Waals surface area contributed by atoms with Gasteiger partial charge >= 0.3 is 0 Å². The second-order valence-corrected chi connectivity index (χ2v) is 8.84. The fraction of sp³-hybridized carbons (Fsp3) is 0.348. The second-order valence-electron chi connectivity index (χ2n) is 7.77. The van der Waals surface area contributed by atoms with E-state index in [0.29, 0.717) is 11.0 Å². The number of benzene rings is 2. The Kier molecular flexibility index (Phi) is 6.46. The van der Waals surface area contributed by atoms with Crippen LogP contribution in [0.4, 0.5) is 0 Å². The fourth-order valence-electron chi connectivity index (χ4n) is 3.69. The quantitative estimate of drug-likeness (QED) is 0.449. The van der Waals surface area contributed by atoms with E-state index in [9.17, 15) is 4.79 Å². The lowest BCUT2D eigenvalue weighted by Crippen LogP contribution is -2.31. The van der Waals surface area contributed by atoms with Crippen molar-refractivity contribution < 1.29 is 9.53 Å². The van der Waals surface area contributed by atoms with Gasteiger partial charge in [-0.1, -0.05) is 59.8 Å². The SMILES string of the molecule is Cc1ccc(OCc2nnc(SC(C(=O)N3CCCC3)c3ccccc3)n2N)c(C)c1. The number of aromatic nitrogens is 3. The molecule has 4 rings (SSSR count). The van der Waals surface area contributed by atoms with Gasteiger partial charge in [0.15, 0.2) is 5.82 Å². The molecule has 31 heavy (non-hydrogen) atoms. The van der Waals surface area contributed by atoms with Crippen molar-refractivity contribution in [3.63, 3.8) is 0 Å². The number of ether oxygens (including phenoxy) is 1.